The number of carbonyl (C=O) groups excluding carboxylic acids is 1. The third-order valence-corrected chi connectivity index (χ3v) is 3.88. The summed E-state index contributed by atoms with van der Waals surface area (Å²) in [7, 11) is 0. The number of nitrogens with one attached hydrogen (secondary N) is 2. The van der Waals surface area contributed by atoms with Crippen molar-refractivity contribution in [3.05, 3.63) is 58.6 Å². The first-order valence-electron chi connectivity index (χ1n) is 7.55. The topological polar surface area (TPSA) is 41.1 Å². The Morgan fingerprint density at radius 1 is 1.00 bits per heavy atom. The molecule has 0 aliphatic rings. The van der Waals surface area contributed by atoms with Gasteiger partial charge in [0, 0.05) is 15.8 Å². The molecule has 0 heterocycles. The van der Waals surface area contributed by atoms with E-state index in [1.165, 1.54) is 18.4 Å². The van der Waals surface area contributed by atoms with Gasteiger partial charge < -0.3 is 10.6 Å². The number of anilines is 2. The zero-order valence-electron chi connectivity index (χ0n) is 12.7. The molecule has 0 radical (unpaired) electrons. The maximum Gasteiger partial charge on any atom is 0.243 e. The Morgan fingerprint density at radius 2 is 1.64 bits per heavy atom. The maximum absolute atomic E-state index is 11.9. The predicted molar refractivity (Wildman–Crippen MR) is 96.3 cm³/mol. The van der Waals surface area contributed by atoms with E-state index >= 15 is 0 Å². The molecule has 0 atom stereocenters. The molecule has 4 heteroatoms. The van der Waals surface area contributed by atoms with E-state index in [0.29, 0.717) is 0 Å². The number of benzene rings is 2. The van der Waals surface area contributed by atoms with E-state index in [0.717, 1.165) is 22.3 Å². The van der Waals surface area contributed by atoms with Crippen LogP contribution in [0.1, 0.15) is 25.3 Å². The van der Waals surface area contributed by atoms with Gasteiger partial charge in [-0.05, 0) is 54.8 Å². The molecule has 0 bridgehead atoms. The summed E-state index contributed by atoms with van der Waals surface area (Å²) in [6.07, 6.45) is 3.48. The Bertz CT molecular complexity index is 593. The summed E-state index contributed by atoms with van der Waals surface area (Å²) in [5, 5.41) is 5.99. The van der Waals surface area contributed by atoms with Gasteiger partial charge in [0.05, 0.1) is 6.54 Å². The fourth-order valence-corrected chi connectivity index (χ4v) is 2.36. The van der Waals surface area contributed by atoms with Gasteiger partial charge in [-0.3, -0.25) is 4.79 Å². The van der Waals surface area contributed by atoms with E-state index in [1.54, 1.807) is 0 Å². The summed E-state index contributed by atoms with van der Waals surface area (Å²) in [5.41, 5.74) is 3.07. The van der Waals surface area contributed by atoms with Gasteiger partial charge >= 0.3 is 0 Å². The largest absolute Gasteiger partial charge is 0.376 e. The molecule has 22 heavy (non-hydrogen) atoms. The van der Waals surface area contributed by atoms with Crippen molar-refractivity contribution in [2.24, 2.45) is 0 Å². The van der Waals surface area contributed by atoms with Crippen LogP contribution in [0.5, 0.6) is 0 Å². The number of halogens is 1. The maximum atomic E-state index is 11.9. The number of amides is 1. The van der Waals surface area contributed by atoms with Crippen molar-refractivity contribution in [2.45, 2.75) is 26.2 Å². The Kier molecular flexibility index (Phi) is 6.46. The molecule has 0 aliphatic heterocycles. The highest BCUT2D eigenvalue weighted by Gasteiger charge is 2.02. The molecule has 3 nitrogen and oxygen atoms in total. The second-order valence-corrected chi connectivity index (χ2v) is 6.12. The highest BCUT2D eigenvalue weighted by molar-refractivity contribution is 9.10. The van der Waals surface area contributed by atoms with E-state index in [1.807, 2.05) is 36.4 Å². The summed E-state index contributed by atoms with van der Waals surface area (Å²) in [5.74, 6) is -0.0516. The van der Waals surface area contributed by atoms with Gasteiger partial charge in [-0.15, -0.1) is 0 Å². The monoisotopic (exact) mass is 360 g/mol. The van der Waals surface area contributed by atoms with Gasteiger partial charge in [0.15, 0.2) is 0 Å². The normalized spacial score (nSPS) is 10.3. The molecule has 116 valence electrons. The molecule has 0 spiro atoms. The van der Waals surface area contributed by atoms with E-state index in [4.69, 9.17) is 0 Å². The molecule has 2 rings (SSSR count). The number of hydrogen-bond acceptors (Lipinski definition) is 2. The third-order valence-electron chi connectivity index (χ3n) is 3.35. The Balaban J connectivity index is 1.80. The lowest BCUT2D eigenvalue weighted by atomic mass is 10.1. The lowest BCUT2D eigenvalue weighted by molar-refractivity contribution is -0.114. The van der Waals surface area contributed by atoms with Crippen molar-refractivity contribution in [2.75, 3.05) is 17.2 Å². The van der Waals surface area contributed by atoms with Crippen LogP contribution >= 0.6 is 15.9 Å². The number of unbranched alkanes of at least 4 members (excludes halogenated alkanes) is 1. The third kappa shape index (κ3) is 5.53. The molecule has 0 saturated heterocycles. The first kappa shape index (κ1) is 16.6. The summed E-state index contributed by atoms with van der Waals surface area (Å²) in [4.78, 5) is 11.9. The van der Waals surface area contributed by atoms with Crippen LogP contribution < -0.4 is 10.6 Å². The molecule has 2 aromatic rings. The quantitative estimate of drug-likeness (QED) is 0.741. The van der Waals surface area contributed by atoms with Crippen LogP contribution in [0.4, 0.5) is 11.4 Å². The van der Waals surface area contributed by atoms with Crippen molar-refractivity contribution < 1.29 is 4.79 Å². The fraction of sp³-hybridized carbons (Fsp3) is 0.278. The summed E-state index contributed by atoms with van der Waals surface area (Å²) < 4.78 is 1.02. The molecule has 2 aromatic carbocycles. The standard InChI is InChI=1S/C18H21BrN2O/c1-2-3-4-14-5-9-17(10-6-14)21-18(22)13-20-16-11-7-15(19)8-12-16/h5-12,20H,2-4,13H2,1H3,(H,21,22). The Morgan fingerprint density at radius 3 is 2.27 bits per heavy atom. The number of rotatable bonds is 7. The van der Waals surface area contributed by atoms with E-state index in [-0.39, 0.29) is 12.5 Å². The lowest BCUT2D eigenvalue weighted by Crippen LogP contribution is -2.21. The first-order valence-corrected chi connectivity index (χ1v) is 8.35. The van der Waals surface area contributed by atoms with E-state index < -0.39 is 0 Å². The predicted octanol–water partition coefficient (Wildman–Crippen LogP) is 4.84. The number of hydrogen-bond donors (Lipinski definition) is 2. The van der Waals surface area contributed by atoms with E-state index in [9.17, 15) is 4.79 Å². The molecule has 0 aliphatic carbocycles. The minimum Gasteiger partial charge on any atom is -0.376 e. The Labute approximate surface area is 140 Å². The van der Waals surface area contributed by atoms with Crippen LogP contribution in [0.15, 0.2) is 53.0 Å². The van der Waals surface area contributed by atoms with Gasteiger partial charge in [-0.25, -0.2) is 0 Å². The smallest absolute Gasteiger partial charge is 0.243 e. The summed E-state index contributed by atoms with van der Waals surface area (Å²) >= 11 is 3.38. The van der Waals surface area contributed by atoms with Crippen molar-refractivity contribution in [3.8, 4) is 0 Å². The molecule has 0 saturated carbocycles. The summed E-state index contributed by atoms with van der Waals surface area (Å²) in [6, 6.07) is 15.8. The molecule has 0 fully saturated rings. The van der Waals surface area contributed by atoms with E-state index in [2.05, 4.69) is 45.6 Å². The molecule has 0 unspecified atom stereocenters. The van der Waals surface area contributed by atoms with Crippen LogP contribution in [-0.4, -0.2) is 12.5 Å². The zero-order chi connectivity index (χ0) is 15.8. The number of carbonyl (C=O) groups is 1. The van der Waals surface area contributed by atoms with Crippen molar-refractivity contribution in [1.82, 2.24) is 0 Å². The molecule has 1 amide bonds. The van der Waals surface area contributed by atoms with Gasteiger partial charge in [-0.2, -0.15) is 0 Å². The molecular formula is C18H21BrN2O. The molecule has 0 aromatic heterocycles. The van der Waals surface area contributed by atoms with Crippen LogP contribution in [0.3, 0.4) is 0 Å². The van der Waals surface area contributed by atoms with Crippen molar-refractivity contribution in [1.29, 1.82) is 0 Å². The zero-order valence-corrected chi connectivity index (χ0v) is 14.3. The average Bonchev–Trinajstić information content (AvgIpc) is 2.54. The number of aryl methyl sites for hydroxylation is 1. The van der Waals surface area contributed by atoms with Gasteiger partial charge in [0.25, 0.3) is 0 Å². The van der Waals surface area contributed by atoms with Crippen LogP contribution in [0.25, 0.3) is 0 Å². The van der Waals surface area contributed by atoms with Crippen LogP contribution in [0.2, 0.25) is 0 Å². The van der Waals surface area contributed by atoms with Gasteiger partial charge in [0.1, 0.15) is 0 Å². The SMILES string of the molecule is CCCCc1ccc(NC(=O)CNc2ccc(Br)cc2)cc1. The first-order chi connectivity index (χ1) is 10.7. The highest BCUT2D eigenvalue weighted by Crippen LogP contribution is 2.14. The fourth-order valence-electron chi connectivity index (χ4n) is 2.09. The van der Waals surface area contributed by atoms with Crippen molar-refractivity contribution >= 4 is 33.2 Å². The Hall–Kier alpha value is -1.81. The van der Waals surface area contributed by atoms with Crippen LogP contribution in [0, 0.1) is 0 Å². The van der Waals surface area contributed by atoms with Gasteiger partial charge in [0.2, 0.25) is 5.91 Å². The highest BCUT2D eigenvalue weighted by atomic mass is 79.9. The van der Waals surface area contributed by atoms with Crippen LogP contribution in [-0.2, 0) is 11.2 Å². The second kappa shape index (κ2) is 8.59. The molecular weight excluding hydrogens is 340 g/mol. The average molecular weight is 361 g/mol. The summed E-state index contributed by atoms with van der Waals surface area (Å²) in [6.45, 7) is 2.44. The molecule has 2 N–H and O–H groups in total. The van der Waals surface area contributed by atoms with Gasteiger partial charge in [-0.1, -0.05) is 41.4 Å². The lowest BCUT2D eigenvalue weighted by Gasteiger charge is -2.08. The second-order valence-electron chi connectivity index (χ2n) is 5.21. The minimum atomic E-state index is -0.0516. The van der Waals surface area contributed by atoms with Crippen molar-refractivity contribution in [3.63, 3.8) is 0 Å². The minimum absolute atomic E-state index is 0.0516.